The molecule has 8 atom stereocenters. The Labute approximate surface area is 196 Å². The molecule has 6 nitrogen and oxygen atoms in total. The number of ether oxygens (including phenoxy) is 5. The third kappa shape index (κ3) is 8.07. The van der Waals surface area contributed by atoms with Crippen LogP contribution < -0.4 is 0 Å². The molecule has 0 amide bonds. The van der Waals surface area contributed by atoms with E-state index in [4.69, 9.17) is 23.7 Å². The standard InChI is InChI=1S/C26H48O6/c1-6-10-16-28-22-19(5)31-26(32-23-20(9-4)14-13-15-21(23)27)25(30-18-12-8-3)24(22)29-17-11-7-2/h9,19-27H,4,6-8,10-18H2,1-3,5H3/t19?,20?,21-,22-,23?,24?,25?,26+/m1/s1. The second kappa shape index (κ2) is 15.4. The first-order valence-electron chi connectivity index (χ1n) is 13.0. The monoisotopic (exact) mass is 456 g/mol. The van der Waals surface area contributed by atoms with Gasteiger partial charge >= 0.3 is 0 Å². The lowest BCUT2D eigenvalue weighted by Gasteiger charge is -2.47. The van der Waals surface area contributed by atoms with Crippen LogP contribution in [0.1, 0.15) is 85.5 Å². The van der Waals surface area contributed by atoms with Gasteiger partial charge in [-0.15, -0.1) is 6.58 Å². The molecule has 32 heavy (non-hydrogen) atoms. The summed E-state index contributed by atoms with van der Waals surface area (Å²) in [6, 6.07) is 0. The summed E-state index contributed by atoms with van der Waals surface area (Å²) in [5.74, 6) is 0.104. The van der Waals surface area contributed by atoms with Crippen LogP contribution in [-0.4, -0.2) is 67.8 Å². The third-order valence-corrected chi connectivity index (χ3v) is 6.58. The van der Waals surface area contributed by atoms with Gasteiger partial charge in [0.15, 0.2) is 6.29 Å². The van der Waals surface area contributed by atoms with Gasteiger partial charge in [0, 0.05) is 25.7 Å². The summed E-state index contributed by atoms with van der Waals surface area (Å²) in [6.45, 7) is 14.4. The highest BCUT2D eigenvalue weighted by molar-refractivity contribution is 4.96. The summed E-state index contributed by atoms with van der Waals surface area (Å²) in [7, 11) is 0. The normalized spacial score (nSPS) is 35.7. The molecular formula is C26H48O6. The maximum absolute atomic E-state index is 10.7. The van der Waals surface area contributed by atoms with Crippen molar-refractivity contribution in [2.75, 3.05) is 19.8 Å². The van der Waals surface area contributed by atoms with E-state index in [9.17, 15) is 5.11 Å². The van der Waals surface area contributed by atoms with Crippen molar-refractivity contribution in [3.8, 4) is 0 Å². The summed E-state index contributed by atoms with van der Waals surface area (Å²) in [5.41, 5.74) is 0. The third-order valence-electron chi connectivity index (χ3n) is 6.58. The lowest BCUT2D eigenvalue weighted by Crippen LogP contribution is -2.61. The molecule has 1 saturated carbocycles. The van der Waals surface area contributed by atoms with E-state index in [1.54, 1.807) is 0 Å². The van der Waals surface area contributed by atoms with Crippen molar-refractivity contribution in [3.05, 3.63) is 12.7 Å². The highest BCUT2D eigenvalue weighted by Crippen LogP contribution is 2.34. The van der Waals surface area contributed by atoms with Gasteiger partial charge in [0.1, 0.15) is 18.3 Å². The van der Waals surface area contributed by atoms with Crippen LogP contribution in [0.25, 0.3) is 0 Å². The van der Waals surface area contributed by atoms with Gasteiger partial charge in [0.05, 0.1) is 18.3 Å². The molecule has 2 rings (SSSR count). The Kier molecular flexibility index (Phi) is 13.4. The highest BCUT2D eigenvalue weighted by Gasteiger charge is 2.49. The second-order valence-electron chi connectivity index (χ2n) is 9.27. The van der Waals surface area contributed by atoms with Crippen LogP contribution >= 0.6 is 0 Å². The predicted octanol–water partition coefficient (Wildman–Crippen LogP) is 5.02. The minimum atomic E-state index is -0.611. The van der Waals surface area contributed by atoms with Gasteiger partial charge in [0.2, 0.25) is 0 Å². The van der Waals surface area contributed by atoms with Gasteiger partial charge in [-0.25, -0.2) is 0 Å². The Bertz CT molecular complexity index is 501. The number of hydrogen-bond donors (Lipinski definition) is 1. The van der Waals surface area contributed by atoms with E-state index in [0.29, 0.717) is 19.8 Å². The Morgan fingerprint density at radius 3 is 1.97 bits per heavy atom. The van der Waals surface area contributed by atoms with Crippen LogP contribution in [0.4, 0.5) is 0 Å². The number of rotatable bonds is 15. The molecule has 2 aliphatic rings. The van der Waals surface area contributed by atoms with Gasteiger partial charge in [-0.3, -0.25) is 0 Å². The zero-order valence-electron chi connectivity index (χ0n) is 20.9. The van der Waals surface area contributed by atoms with Gasteiger partial charge in [-0.05, 0) is 39.0 Å². The molecule has 188 valence electrons. The number of hydrogen-bond acceptors (Lipinski definition) is 6. The number of unbranched alkanes of at least 4 members (excludes halogenated alkanes) is 3. The fourth-order valence-electron chi connectivity index (χ4n) is 4.54. The summed E-state index contributed by atoms with van der Waals surface area (Å²) >= 11 is 0. The van der Waals surface area contributed by atoms with Crippen molar-refractivity contribution in [3.63, 3.8) is 0 Å². The first-order valence-corrected chi connectivity index (χ1v) is 13.0. The first-order chi connectivity index (χ1) is 15.6. The molecule has 0 bridgehead atoms. The molecule has 0 aromatic carbocycles. The quantitative estimate of drug-likeness (QED) is 0.276. The molecule has 1 aliphatic heterocycles. The van der Waals surface area contributed by atoms with E-state index < -0.39 is 18.5 Å². The zero-order chi connectivity index (χ0) is 23.3. The molecule has 0 spiro atoms. The van der Waals surface area contributed by atoms with Crippen LogP contribution in [0.2, 0.25) is 0 Å². The number of aliphatic hydroxyl groups excluding tert-OH is 1. The Morgan fingerprint density at radius 2 is 1.41 bits per heavy atom. The maximum Gasteiger partial charge on any atom is 0.187 e. The fourth-order valence-corrected chi connectivity index (χ4v) is 4.54. The second-order valence-corrected chi connectivity index (χ2v) is 9.27. The lowest BCUT2D eigenvalue weighted by atomic mass is 9.84. The summed E-state index contributed by atoms with van der Waals surface area (Å²) in [5, 5.41) is 10.7. The maximum atomic E-state index is 10.7. The van der Waals surface area contributed by atoms with E-state index in [1.165, 1.54) is 0 Å². The van der Waals surface area contributed by atoms with E-state index >= 15 is 0 Å². The van der Waals surface area contributed by atoms with E-state index in [0.717, 1.165) is 57.8 Å². The summed E-state index contributed by atoms with van der Waals surface area (Å²) in [6.07, 6.45) is 8.16. The van der Waals surface area contributed by atoms with E-state index in [1.807, 2.05) is 13.0 Å². The molecule has 0 aromatic heterocycles. The first kappa shape index (κ1) is 27.7. The largest absolute Gasteiger partial charge is 0.390 e. The molecular weight excluding hydrogens is 408 g/mol. The number of aliphatic hydroxyl groups is 1. The lowest BCUT2D eigenvalue weighted by molar-refractivity contribution is -0.333. The van der Waals surface area contributed by atoms with Gasteiger partial charge in [-0.1, -0.05) is 52.5 Å². The van der Waals surface area contributed by atoms with Crippen LogP contribution in [-0.2, 0) is 23.7 Å². The molecule has 1 aliphatic carbocycles. The van der Waals surface area contributed by atoms with Gasteiger partial charge < -0.3 is 28.8 Å². The van der Waals surface area contributed by atoms with Crippen LogP contribution in [0.15, 0.2) is 12.7 Å². The Hall–Kier alpha value is -0.500. The Morgan fingerprint density at radius 1 is 0.844 bits per heavy atom. The van der Waals surface area contributed by atoms with Crippen molar-refractivity contribution < 1.29 is 28.8 Å². The minimum Gasteiger partial charge on any atom is -0.390 e. The molecule has 5 unspecified atom stereocenters. The topological polar surface area (TPSA) is 66.4 Å². The van der Waals surface area contributed by atoms with Gasteiger partial charge in [-0.2, -0.15) is 0 Å². The Balaban J connectivity index is 2.22. The molecule has 0 radical (unpaired) electrons. The van der Waals surface area contributed by atoms with Crippen molar-refractivity contribution >= 4 is 0 Å². The van der Waals surface area contributed by atoms with E-state index in [-0.39, 0.29) is 30.3 Å². The minimum absolute atomic E-state index is 0.104. The fraction of sp³-hybridized carbons (Fsp3) is 0.923. The van der Waals surface area contributed by atoms with Gasteiger partial charge in [0.25, 0.3) is 0 Å². The van der Waals surface area contributed by atoms with Crippen LogP contribution in [0.5, 0.6) is 0 Å². The summed E-state index contributed by atoms with van der Waals surface area (Å²) in [4.78, 5) is 0. The molecule has 1 saturated heterocycles. The van der Waals surface area contributed by atoms with Crippen molar-refractivity contribution in [2.24, 2.45) is 5.92 Å². The molecule has 2 fully saturated rings. The molecule has 0 aromatic rings. The molecule has 1 heterocycles. The molecule has 6 heteroatoms. The van der Waals surface area contributed by atoms with Crippen molar-refractivity contribution in [2.45, 2.75) is 128 Å². The van der Waals surface area contributed by atoms with E-state index in [2.05, 4.69) is 27.4 Å². The smallest absolute Gasteiger partial charge is 0.187 e. The predicted molar refractivity (Wildman–Crippen MR) is 127 cm³/mol. The summed E-state index contributed by atoms with van der Waals surface area (Å²) < 4.78 is 31.8. The zero-order valence-corrected chi connectivity index (χ0v) is 20.9. The highest BCUT2D eigenvalue weighted by atomic mass is 16.7. The SMILES string of the molecule is C=CC1CCC[C@@H](O)C1O[C@@H]1OC(C)[C@@H](OCCCC)C(OCCCC)C1OCCCC. The average Bonchev–Trinajstić information content (AvgIpc) is 2.78. The van der Waals surface area contributed by atoms with Crippen molar-refractivity contribution in [1.82, 2.24) is 0 Å². The van der Waals surface area contributed by atoms with Crippen molar-refractivity contribution in [1.29, 1.82) is 0 Å². The van der Waals surface area contributed by atoms with Crippen LogP contribution in [0.3, 0.4) is 0 Å². The average molecular weight is 457 g/mol. The van der Waals surface area contributed by atoms with Crippen LogP contribution in [0, 0.1) is 5.92 Å². The molecule has 1 N–H and O–H groups in total.